The van der Waals surface area contributed by atoms with Crippen molar-refractivity contribution in [3.05, 3.63) is 53.5 Å². The number of nitrogens with zero attached hydrogens (tertiary/aromatic N) is 1. The van der Waals surface area contributed by atoms with Crippen molar-refractivity contribution < 1.29 is 4.42 Å². The quantitative estimate of drug-likeness (QED) is 0.869. The summed E-state index contributed by atoms with van der Waals surface area (Å²) >= 11 is 0. The van der Waals surface area contributed by atoms with E-state index in [1.807, 2.05) is 44.2 Å². The Bertz CT molecular complexity index is 538. The van der Waals surface area contributed by atoms with Crippen LogP contribution in [0.2, 0.25) is 0 Å². The van der Waals surface area contributed by atoms with Crippen LogP contribution in [0.15, 0.2) is 41.0 Å². The first-order chi connectivity index (χ1) is 8.20. The number of benzene rings is 1. The molecule has 1 atom stereocenters. The molecule has 0 saturated heterocycles. The van der Waals surface area contributed by atoms with E-state index in [0.717, 1.165) is 17.0 Å². The Balaban J connectivity index is 2.15. The monoisotopic (exact) mass is 226 g/mol. The summed E-state index contributed by atoms with van der Waals surface area (Å²) in [7, 11) is 0. The first kappa shape index (κ1) is 11.3. The highest BCUT2D eigenvalue weighted by Gasteiger charge is 2.08. The van der Waals surface area contributed by atoms with Crippen LogP contribution in [0.25, 0.3) is 0 Å². The highest BCUT2D eigenvalue weighted by Crippen LogP contribution is 2.21. The van der Waals surface area contributed by atoms with Crippen molar-refractivity contribution in [2.75, 3.05) is 5.32 Å². The summed E-state index contributed by atoms with van der Waals surface area (Å²) in [4.78, 5) is 0. The zero-order valence-corrected chi connectivity index (χ0v) is 9.90. The molecular weight excluding hydrogens is 212 g/mol. The van der Waals surface area contributed by atoms with Gasteiger partial charge in [-0.1, -0.05) is 0 Å². The van der Waals surface area contributed by atoms with Gasteiger partial charge in [-0.25, -0.2) is 0 Å². The highest BCUT2D eigenvalue weighted by molar-refractivity contribution is 5.52. The number of anilines is 1. The lowest BCUT2D eigenvalue weighted by Gasteiger charge is -2.13. The van der Waals surface area contributed by atoms with E-state index in [9.17, 15) is 0 Å². The van der Waals surface area contributed by atoms with Crippen molar-refractivity contribution in [2.45, 2.75) is 19.9 Å². The Hall–Kier alpha value is -2.21. The second-order valence-electron chi connectivity index (χ2n) is 4.02. The molecule has 17 heavy (non-hydrogen) atoms. The zero-order chi connectivity index (χ0) is 12.3. The average Bonchev–Trinajstić information content (AvgIpc) is 2.82. The van der Waals surface area contributed by atoms with E-state index in [2.05, 4.69) is 11.4 Å². The molecule has 0 amide bonds. The maximum Gasteiger partial charge on any atom is 0.125 e. The van der Waals surface area contributed by atoms with Crippen molar-refractivity contribution in [3.8, 4) is 6.07 Å². The van der Waals surface area contributed by atoms with Crippen LogP contribution in [0.3, 0.4) is 0 Å². The minimum absolute atomic E-state index is 0.109. The molecule has 1 unspecified atom stereocenters. The minimum Gasteiger partial charge on any atom is -0.467 e. The third-order valence-corrected chi connectivity index (χ3v) is 2.70. The lowest BCUT2D eigenvalue weighted by molar-refractivity contribution is 0.490. The van der Waals surface area contributed by atoms with Crippen molar-refractivity contribution >= 4 is 5.69 Å². The van der Waals surface area contributed by atoms with Crippen LogP contribution in [0.4, 0.5) is 5.69 Å². The highest BCUT2D eigenvalue weighted by atomic mass is 16.3. The molecule has 0 spiro atoms. The smallest absolute Gasteiger partial charge is 0.125 e. The fourth-order valence-corrected chi connectivity index (χ4v) is 1.74. The molecule has 0 aliphatic carbocycles. The van der Waals surface area contributed by atoms with Gasteiger partial charge in [0.25, 0.3) is 0 Å². The second kappa shape index (κ2) is 4.75. The van der Waals surface area contributed by atoms with Gasteiger partial charge in [0, 0.05) is 5.69 Å². The lowest BCUT2D eigenvalue weighted by atomic mass is 10.1. The number of hydrogen-bond donors (Lipinski definition) is 1. The van der Waals surface area contributed by atoms with Gasteiger partial charge in [0.2, 0.25) is 0 Å². The summed E-state index contributed by atoms with van der Waals surface area (Å²) in [5.74, 6) is 0.895. The molecule has 0 aliphatic heterocycles. The molecule has 3 heteroatoms. The van der Waals surface area contributed by atoms with E-state index in [4.69, 9.17) is 9.68 Å². The number of nitrogens with one attached hydrogen (secondary N) is 1. The van der Waals surface area contributed by atoms with Gasteiger partial charge >= 0.3 is 0 Å². The Kier molecular flexibility index (Phi) is 3.15. The Labute approximate surface area is 101 Å². The predicted octanol–water partition coefficient (Wildman–Crippen LogP) is 3.63. The van der Waals surface area contributed by atoms with Crippen LogP contribution in [0, 0.1) is 18.3 Å². The molecular formula is C14H14N2O. The Morgan fingerprint density at radius 1 is 1.35 bits per heavy atom. The van der Waals surface area contributed by atoms with Gasteiger partial charge < -0.3 is 9.73 Å². The van der Waals surface area contributed by atoms with Gasteiger partial charge in [-0.3, -0.25) is 0 Å². The van der Waals surface area contributed by atoms with Gasteiger partial charge in [-0.2, -0.15) is 5.26 Å². The normalized spacial score (nSPS) is 11.8. The molecule has 0 aliphatic rings. The molecule has 0 fully saturated rings. The van der Waals surface area contributed by atoms with Crippen molar-refractivity contribution in [3.63, 3.8) is 0 Å². The van der Waals surface area contributed by atoms with E-state index in [-0.39, 0.29) is 6.04 Å². The molecule has 1 aromatic heterocycles. The Morgan fingerprint density at radius 3 is 2.76 bits per heavy atom. The second-order valence-corrected chi connectivity index (χ2v) is 4.02. The van der Waals surface area contributed by atoms with E-state index >= 15 is 0 Å². The van der Waals surface area contributed by atoms with Crippen molar-refractivity contribution in [1.82, 2.24) is 0 Å². The molecule has 0 radical (unpaired) electrons. The fraction of sp³-hybridized carbons (Fsp3) is 0.214. The summed E-state index contributed by atoms with van der Waals surface area (Å²) in [5, 5.41) is 12.2. The SMILES string of the molecule is Cc1cc(NC(C)c2ccco2)ccc1C#N. The number of furan rings is 1. The van der Waals surface area contributed by atoms with E-state index < -0.39 is 0 Å². The number of hydrogen-bond acceptors (Lipinski definition) is 3. The largest absolute Gasteiger partial charge is 0.467 e. The molecule has 0 saturated carbocycles. The lowest BCUT2D eigenvalue weighted by Crippen LogP contribution is -2.05. The first-order valence-electron chi connectivity index (χ1n) is 5.51. The van der Waals surface area contributed by atoms with Crippen LogP contribution in [-0.4, -0.2) is 0 Å². The third-order valence-electron chi connectivity index (χ3n) is 2.70. The molecule has 2 rings (SSSR count). The fourth-order valence-electron chi connectivity index (χ4n) is 1.74. The third kappa shape index (κ3) is 2.48. The van der Waals surface area contributed by atoms with Crippen LogP contribution in [0.5, 0.6) is 0 Å². The van der Waals surface area contributed by atoms with E-state index in [1.54, 1.807) is 6.26 Å². The van der Waals surface area contributed by atoms with Crippen molar-refractivity contribution in [1.29, 1.82) is 5.26 Å². The number of nitriles is 1. The molecule has 1 aromatic carbocycles. The van der Waals surface area contributed by atoms with Crippen LogP contribution >= 0.6 is 0 Å². The summed E-state index contributed by atoms with van der Waals surface area (Å²) in [6.45, 7) is 3.97. The standard InChI is InChI=1S/C14H14N2O/c1-10-8-13(6-5-12(10)9-15)16-11(2)14-4-3-7-17-14/h3-8,11,16H,1-2H3. The topological polar surface area (TPSA) is 49.0 Å². The maximum atomic E-state index is 8.86. The molecule has 3 nitrogen and oxygen atoms in total. The molecule has 2 aromatic rings. The zero-order valence-electron chi connectivity index (χ0n) is 9.90. The van der Waals surface area contributed by atoms with Gasteiger partial charge in [0.1, 0.15) is 5.76 Å². The maximum absolute atomic E-state index is 8.86. The first-order valence-corrected chi connectivity index (χ1v) is 5.51. The summed E-state index contributed by atoms with van der Waals surface area (Å²) in [5.41, 5.74) is 2.68. The summed E-state index contributed by atoms with van der Waals surface area (Å²) < 4.78 is 5.33. The van der Waals surface area contributed by atoms with Gasteiger partial charge in [0.05, 0.1) is 23.9 Å². The van der Waals surface area contributed by atoms with Crippen molar-refractivity contribution in [2.24, 2.45) is 0 Å². The minimum atomic E-state index is 0.109. The van der Waals surface area contributed by atoms with Gasteiger partial charge in [0.15, 0.2) is 0 Å². The number of aryl methyl sites for hydroxylation is 1. The van der Waals surface area contributed by atoms with Crippen LogP contribution < -0.4 is 5.32 Å². The summed E-state index contributed by atoms with van der Waals surface area (Å²) in [6, 6.07) is 11.8. The molecule has 0 bridgehead atoms. The van der Waals surface area contributed by atoms with Crippen LogP contribution in [-0.2, 0) is 0 Å². The summed E-state index contributed by atoms with van der Waals surface area (Å²) in [6.07, 6.45) is 1.66. The van der Waals surface area contributed by atoms with Crippen LogP contribution in [0.1, 0.15) is 29.9 Å². The van der Waals surface area contributed by atoms with E-state index in [1.165, 1.54) is 0 Å². The predicted molar refractivity (Wildman–Crippen MR) is 66.6 cm³/mol. The van der Waals surface area contributed by atoms with Gasteiger partial charge in [-0.15, -0.1) is 0 Å². The van der Waals surface area contributed by atoms with Gasteiger partial charge in [-0.05, 0) is 49.7 Å². The number of rotatable bonds is 3. The molecule has 86 valence electrons. The van der Waals surface area contributed by atoms with E-state index in [0.29, 0.717) is 5.56 Å². The molecule has 1 heterocycles. The Morgan fingerprint density at radius 2 is 2.18 bits per heavy atom. The molecule has 1 N–H and O–H groups in total. The average molecular weight is 226 g/mol.